The minimum absolute atomic E-state index is 0.0802. The van der Waals surface area contributed by atoms with Crippen LogP contribution in [-0.4, -0.2) is 48.4 Å². The Hall–Kier alpha value is -1.88. The van der Waals surface area contributed by atoms with Crippen molar-refractivity contribution in [3.63, 3.8) is 0 Å². The second-order valence-corrected chi connectivity index (χ2v) is 7.13. The Morgan fingerprint density at radius 3 is 2.31 bits per heavy atom. The van der Waals surface area contributed by atoms with Crippen LogP contribution in [0.15, 0.2) is 54.6 Å². The fourth-order valence-corrected chi connectivity index (χ4v) is 3.40. The predicted octanol–water partition coefficient (Wildman–Crippen LogP) is 3.16. The monoisotopic (exact) mass is 371 g/mol. The lowest BCUT2D eigenvalue weighted by Crippen LogP contribution is -2.46. The second-order valence-electron chi connectivity index (χ2n) is 6.72. The number of benzene rings is 2. The first kappa shape index (κ1) is 18.9. The summed E-state index contributed by atoms with van der Waals surface area (Å²) in [6.07, 6.45) is 0.531. The van der Waals surface area contributed by atoms with E-state index in [-0.39, 0.29) is 5.91 Å². The van der Waals surface area contributed by atoms with Crippen molar-refractivity contribution in [3.05, 3.63) is 70.7 Å². The Kier molecular flexibility index (Phi) is 7.06. The van der Waals surface area contributed by atoms with Crippen LogP contribution in [0.2, 0.25) is 5.02 Å². The number of nitrogens with zero attached hydrogens (tertiary/aromatic N) is 2. The van der Waals surface area contributed by atoms with Gasteiger partial charge < -0.3 is 10.2 Å². The van der Waals surface area contributed by atoms with E-state index in [1.165, 1.54) is 5.56 Å². The topological polar surface area (TPSA) is 35.6 Å². The van der Waals surface area contributed by atoms with E-state index < -0.39 is 0 Å². The summed E-state index contributed by atoms with van der Waals surface area (Å²) in [4.78, 5) is 16.9. The van der Waals surface area contributed by atoms with E-state index in [4.69, 9.17) is 11.6 Å². The maximum absolute atomic E-state index is 12.1. The van der Waals surface area contributed by atoms with Gasteiger partial charge in [0.05, 0.1) is 0 Å². The average molecular weight is 372 g/mol. The molecule has 1 heterocycles. The molecule has 0 bridgehead atoms. The Labute approximate surface area is 160 Å². The van der Waals surface area contributed by atoms with Crippen LogP contribution in [0.3, 0.4) is 0 Å². The minimum atomic E-state index is 0.0802. The first-order chi connectivity index (χ1) is 12.7. The standard InChI is InChI=1S/C21H26ClN3O/c22-20-9-5-4-8-19(20)16-23-21(26)10-11-24-12-14-25(15-13-24)17-18-6-2-1-3-7-18/h1-9H,10-17H2,(H,23,26). The Morgan fingerprint density at radius 2 is 1.58 bits per heavy atom. The highest BCUT2D eigenvalue weighted by Crippen LogP contribution is 2.14. The van der Waals surface area contributed by atoms with Gasteiger partial charge in [0.15, 0.2) is 0 Å². The highest BCUT2D eigenvalue weighted by molar-refractivity contribution is 6.31. The van der Waals surface area contributed by atoms with Gasteiger partial charge in [0.2, 0.25) is 5.91 Å². The van der Waals surface area contributed by atoms with Crippen LogP contribution in [0.4, 0.5) is 0 Å². The molecule has 1 aliphatic heterocycles. The molecule has 0 unspecified atom stereocenters. The molecule has 5 heteroatoms. The van der Waals surface area contributed by atoms with E-state index in [1.54, 1.807) is 0 Å². The fourth-order valence-electron chi connectivity index (χ4n) is 3.20. The smallest absolute Gasteiger partial charge is 0.221 e. The third-order valence-electron chi connectivity index (χ3n) is 4.80. The zero-order valence-electron chi connectivity index (χ0n) is 15.0. The molecule has 1 fully saturated rings. The van der Waals surface area contributed by atoms with Gasteiger partial charge in [-0.2, -0.15) is 0 Å². The number of halogens is 1. The molecule has 0 atom stereocenters. The van der Waals surface area contributed by atoms with Crippen LogP contribution in [0.1, 0.15) is 17.5 Å². The van der Waals surface area contributed by atoms with Gasteiger partial charge in [-0.05, 0) is 17.2 Å². The lowest BCUT2D eigenvalue weighted by atomic mass is 10.2. The quantitative estimate of drug-likeness (QED) is 0.812. The molecule has 0 saturated carbocycles. The van der Waals surface area contributed by atoms with Gasteiger partial charge in [-0.25, -0.2) is 0 Å². The maximum Gasteiger partial charge on any atom is 0.221 e. The van der Waals surface area contributed by atoms with Crippen molar-refractivity contribution in [1.82, 2.24) is 15.1 Å². The summed E-state index contributed by atoms with van der Waals surface area (Å²) < 4.78 is 0. The predicted molar refractivity (Wildman–Crippen MR) is 106 cm³/mol. The summed E-state index contributed by atoms with van der Waals surface area (Å²) in [6, 6.07) is 18.2. The van der Waals surface area contributed by atoms with Crippen molar-refractivity contribution in [2.75, 3.05) is 32.7 Å². The van der Waals surface area contributed by atoms with E-state index in [0.717, 1.165) is 44.8 Å². The van der Waals surface area contributed by atoms with Crippen molar-refractivity contribution in [1.29, 1.82) is 0 Å². The molecule has 0 radical (unpaired) electrons. The van der Waals surface area contributed by atoms with Crippen LogP contribution in [0, 0.1) is 0 Å². The molecule has 26 heavy (non-hydrogen) atoms. The van der Waals surface area contributed by atoms with Gasteiger partial charge in [-0.1, -0.05) is 60.1 Å². The van der Waals surface area contributed by atoms with Crippen molar-refractivity contribution in [3.8, 4) is 0 Å². The van der Waals surface area contributed by atoms with E-state index in [1.807, 2.05) is 24.3 Å². The first-order valence-electron chi connectivity index (χ1n) is 9.19. The average Bonchev–Trinajstić information content (AvgIpc) is 2.68. The molecule has 2 aromatic rings. The van der Waals surface area contributed by atoms with Crippen molar-refractivity contribution < 1.29 is 4.79 Å². The maximum atomic E-state index is 12.1. The Balaban J connectivity index is 1.33. The van der Waals surface area contributed by atoms with Crippen LogP contribution >= 0.6 is 11.6 Å². The zero-order valence-corrected chi connectivity index (χ0v) is 15.8. The molecule has 2 aromatic carbocycles. The number of piperazine rings is 1. The zero-order chi connectivity index (χ0) is 18.2. The van der Waals surface area contributed by atoms with E-state index in [0.29, 0.717) is 18.0 Å². The van der Waals surface area contributed by atoms with Gasteiger partial charge in [0.1, 0.15) is 0 Å². The molecule has 0 aromatic heterocycles. The Morgan fingerprint density at radius 1 is 0.923 bits per heavy atom. The van der Waals surface area contributed by atoms with Gasteiger partial charge in [-0.3, -0.25) is 9.69 Å². The lowest BCUT2D eigenvalue weighted by molar-refractivity contribution is -0.121. The molecule has 138 valence electrons. The van der Waals surface area contributed by atoms with Gasteiger partial charge in [0, 0.05) is 57.3 Å². The van der Waals surface area contributed by atoms with E-state index in [2.05, 4.69) is 45.4 Å². The van der Waals surface area contributed by atoms with Crippen LogP contribution < -0.4 is 5.32 Å². The number of hydrogen-bond acceptors (Lipinski definition) is 3. The van der Waals surface area contributed by atoms with Crippen molar-refractivity contribution in [2.45, 2.75) is 19.5 Å². The molecular formula is C21H26ClN3O. The number of nitrogens with one attached hydrogen (secondary N) is 1. The molecule has 3 rings (SSSR count). The highest BCUT2D eigenvalue weighted by Gasteiger charge is 2.17. The van der Waals surface area contributed by atoms with Crippen molar-refractivity contribution >= 4 is 17.5 Å². The normalized spacial score (nSPS) is 15.7. The van der Waals surface area contributed by atoms with Gasteiger partial charge in [0.25, 0.3) is 0 Å². The minimum Gasteiger partial charge on any atom is -0.352 e. The molecule has 1 saturated heterocycles. The summed E-state index contributed by atoms with van der Waals surface area (Å²) >= 11 is 6.11. The summed E-state index contributed by atoms with van der Waals surface area (Å²) in [6.45, 7) is 6.45. The van der Waals surface area contributed by atoms with E-state index >= 15 is 0 Å². The van der Waals surface area contributed by atoms with Gasteiger partial charge >= 0.3 is 0 Å². The lowest BCUT2D eigenvalue weighted by Gasteiger charge is -2.34. The van der Waals surface area contributed by atoms with Crippen LogP contribution in [-0.2, 0) is 17.9 Å². The number of carbonyl (C=O) groups excluding carboxylic acids is 1. The second kappa shape index (κ2) is 9.72. The SMILES string of the molecule is O=C(CCN1CCN(Cc2ccccc2)CC1)NCc1ccccc1Cl. The Bertz CT molecular complexity index is 699. The number of amides is 1. The summed E-state index contributed by atoms with van der Waals surface area (Å²) in [5.74, 6) is 0.0802. The molecular weight excluding hydrogens is 346 g/mol. The van der Waals surface area contributed by atoms with Crippen LogP contribution in [0.25, 0.3) is 0 Å². The highest BCUT2D eigenvalue weighted by atomic mass is 35.5. The molecule has 4 nitrogen and oxygen atoms in total. The third-order valence-corrected chi connectivity index (χ3v) is 5.17. The number of hydrogen-bond donors (Lipinski definition) is 1. The molecule has 0 spiro atoms. The third kappa shape index (κ3) is 5.84. The first-order valence-corrected chi connectivity index (χ1v) is 9.57. The summed E-state index contributed by atoms with van der Waals surface area (Å²) in [5.41, 5.74) is 2.32. The van der Waals surface area contributed by atoms with E-state index in [9.17, 15) is 4.79 Å². The summed E-state index contributed by atoms with van der Waals surface area (Å²) in [7, 11) is 0. The van der Waals surface area contributed by atoms with Crippen LogP contribution in [0.5, 0.6) is 0 Å². The largest absolute Gasteiger partial charge is 0.352 e. The molecule has 1 aliphatic rings. The summed E-state index contributed by atoms with van der Waals surface area (Å²) in [5, 5.41) is 3.66. The fraction of sp³-hybridized carbons (Fsp3) is 0.381. The number of rotatable bonds is 7. The molecule has 1 amide bonds. The molecule has 0 aliphatic carbocycles. The van der Waals surface area contributed by atoms with Crippen molar-refractivity contribution in [2.24, 2.45) is 0 Å². The molecule has 1 N–H and O–H groups in total. The number of carbonyl (C=O) groups is 1. The van der Waals surface area contributed by atoms with Gasteiger partial charge in [-0.15, -0.1) is 0 Å².